The van der Waals surface area contributed by atoms with Crippen molar-refractivity contribution in [2.75, 3.05) is 24.7 Å². The first kappa shape index (κ1) is 15.5. The molecular weight excluding hydrogens is 286 g/mol. The highest BCUT2D eigenvalue weighted by atomic mass is 32.2. The first-order valence-electron chi connectivity index (χ1n) is 6.91. The standard InChI is InChI=1S/C13H20F2N2O2S/c1-4-16(5-2)11(18)9-6-20-7-17(9)12(19)10-8(3)13(10,14)15/h8-10H,4-7H2,1-3H3/t8-,9+,10-/m1/s1. The Balaban J connectivity index is 2.08. The number of thioether (sulfide) groups is 1. The molecule has 4 nitrogen and oxygen atoms in total. The van der Waals surface area contributed by atoms with Crippen LogP contribution < -0.4 is 0 Å². The van der Waals surface area contributed by atoms with Crippen LogP contribution in [-0.2, 0) is 9.59 Å². The van der Waals surface area contributed by atoms with Gasteiger partial charge < -0.3 is 9.80 Å². The number of nitrogens with zero attached hydrogens (tertiary/aromatic N) is 2. The maximum atomic E-state index is 13.4. The molecule has 0 aromatic heterocycles. The molecule has 1 saturated heterocycles. The second-order valence-corrected chi connectivity index (χ2v) is 6.27. The maximum absolute atomic E-state index is 13.4. The fourth-order valence-corrected chi connectivity index (χ4v) is 3.80. The summed E-state index contributed by atoms with van der Waals surface area (Å²) in [5.41, 5.74) is 0. The van der Waals surface area contributed by atoms with Crippen LogP contribution >= 0.6 is 11.8 Å². The van der Waals surface area contributed by atoms with Crippen molar-refractivity contribution >= 4 is 23.6 Å². The smallest absolute Gasteiger partial charge is 0.263 e. The summed E-state index contributed by atoms with van der Waals surface area (Å²) >= 11 is 1.44. The number of carbonyl (C=O) groups is 2. The number of amides is 2. The third-order valence-corrected chi connectivity index (χ3v) is 5.22. The molecule has 7 heteroatoms. The van der Waals surface area contributed by atoms with Gasteiger partial charge in [-0.3, -0.25) is 9.59 Å². The summed E-state index contributed by atoms with van der Waals surface area (Å²) in [6.45, 7) is 6.25. The van der Waals surface area contributed by atoms with E-state index in [4.69, 9.17) is 0 Å². The summed E-state index contributed by atoms with van der Waals surface area (Å²) in [5.74, 6) is -4.95. The topological polar surface area (TPSA) is 40.6 Å². The van der Waals surface area contributed by atoms with Crippen LogP contribution in [0.15, 0.2) is 0 Å². The molecule has 0 bridgehead atoms. The lowest BCUT2D eigenvalue weighted by Gasteiger charge is -2.28. The van der Waals surface area contributed by atoms with Gasteiger partial charge in [0.25, 0.3) is 5.92 Å². The predicted molar refractivity (Wildman–Crippen MR) is 73.5 cm³/mol. The molecule has 20 heavy (non-hydrogen) atoms. The lowest BCUT2D eigenvalue weighted by Crippen LogP contribution is -2.49. The fraction of sp³-hybridized carbons (Fsp3) is 0.846. The number of hydrogen-bond acceptors (Lipinski definition) is 3. The maximum Gasteiger partial charge on any atom is 0.263 e. The normalized spacial score (nSPS) is 31.2. The van der Waals surface area contributed by atoms with Gasteiger partial charge in [0.15, 0.2) is 0 Å². The Morgan fingerprint density at radius 2 is 1.90 bits per heavy atom. The summed E-state index contributed by atoms with van der Waals surface area (Å²) in [5, 5.41) is 0. The van der Waals surface area contributed by atoms with E-state index in [9.17, 15) is 18.4 Å². The van der Waals surface area contributed by atoms with Crippen molar-refractivity contribution in [2.24, 2.45) is 11.8 Å². The zero-order valence-electron chi connectivity index (χ0n) is 11.9. The molecule has 0 spiro atoms. The Morgan fingerprint density at radius 1 is 1.35 bits per heavy atom. The second kappa shape index (κ2) is 5.50. The number of carbonyl (C=O) groups excluding carboxylic acids is 2. The van der Waals surface area contributed by atoms with Crippen molar-refractivity contribution in [3.05, 3.63) is 0 Å². The van der Waals surface area contributed by atoms with E-state index in [-0.39, 0.29) is 5.91 Å². The molecule has 0 aromatic carbocycles. The third kappa shape index (κ3) is 2.40. The second-order valence-electron chi connectivity index (χ2n) is 5.28. The largest absolute Gasteiger partial charge is 0.341 e. The van der Waals surface area contributed by atoms with Crippen LogP contribution in [0.5, 0.6) is 0 Å². The van der Waals surface area contributed by atoms with Gasteiger partial charge in [-0.1, -0.05) is 6.92 Å². The van der Waals surface area contributed by atoms with Gasteiger partial charge in [0, 0.05) is 24.8 Å². The first-order chi connectivity index (χ1) is 9.36. The van der Waals surface area contributed by atoms with Gasteiger partial charge in [-0.15, -0.1) is 11.8 Å². The van der Waals surface area contributed by atoms with Crippen LogP contribution in [0.25, 0.3) is 0 Å². The summed E-state index contributed by atoms with van der Waals surface area (Å²) in [7, 11) is 0. The van der Waals surface area contributed by atoms with E-state index >= 15 is 0 Å². The van der Waals surface area contributed by atoms with E-state index in [1.165, 1.54) is 23.6 Å². The number of rotatable bonds is 4. The van der Waals surface area contributed by atoms with Crippen LogP contribution in [0.2, 0.25) is 0 Å². The molecule has 2 fully saturated rings. The SMILES string of the molecule is CCN(CC)C(=O)[C@@H]1CSCN1C(=O)[C@H]1[C@@H](C)C1(F)F. The molecular formula is C13H20F2N2O2S. The van der Waals surface area contributed by atoms with Crippen LogP contribution in [0.1, 0.15) is 20.8 Å². The fourth-order valence-electron chi connectivity index (χ4n) is 2.65. The molecule has 1 aliphatic heterocycles. The quantitative estimate of drug-likeness (QED) is 0.793. The van der Waals surface area contributed by atoms with E-state index in [1.807, 2.05) is 13.8 Å². The summed E-state index contributed by atoms with van der Waals surface area (Å²) in [6, 6.07) is -0.587. The van der Waals surface area contributed by atoms with Crippen molar-refractivity contribution in [1.29, 1.82) is 0 Å². The van der Waals surface area contributed by atoms with Crippen molar-refractivity contribution in [2.45, 2.75) is 32.7 Å². The molecule has 0 radical (unpaired) electrons. The minimum Gasteiger partial charge on any atom is -0.341 e. The van der Waals surface area contributed by atoms with Gasteiger partial charge in [-0.2, -0.15) is 0 Å². The lowest BCUT2D eigenvalue weighted by molar-refractivity contribution is -0.145. The average molecular weight is 306 g/mol. The van der Waals surface area contributed by atoms with Crippen molar-refractivity contribution in [1.82, 2.24) is 9.80 Å². The number of likely N-dealkylation sites (N-methyl/N-ethyl adjacent to an activating group) is 1. The molecule has 0 N–H and O–H groups in total. The molecule has 2 rings (SSSR count). The van der Waals surface area contributed by atoms with Crippen molar-refractivity contribution < 1.29 is 18.4 Å². The van der Waals surface area contributed by atoms with Gasteiger partial charge in [0.2, 0.25) is 11.8 Å². The molecule has 1 aliphatic carbocycles. The zero-order valence-corrected chi connectivity index (χ0v) is 12.8. The number of alkyl halides is 2. The monoisotopic (exact) mass is 306 g/mol. The highest BCUT2D eigenvalue weighted by Gasteiger charge is 2.70. The number of hydrogen-bond donors (Lipinski definition) is 0. The Labute approximate surface area is 121 Å². The predicted octanol–water partition coefficient (Wildman–Crippen LogP) is 1.66. The summed E-state index contributed by atoms with van der Waals surface area (Å²) in [4.78, 5) is 27.5. The third-order valence-electron chi connectivity index (χ3n) is 4.20. The highest BCUT2D eigenvalue weighted by molar-refractivity contribution is 7.99. The molecule has 1 heterocycles. The zero-order chi connectivity index (χ0) is 15.1. The molecule has 0 aromatic rings. The van der Waals surface area contributed by atoms with E-state index in [2.05, 4.69) is 0 Å². The number of halogens is 2. The van der Waals surface area contributed by atoms with E-state index in [1.54, 1.807) is 4.90 Å². The molecule has 0 unspecified atom stereocenters. The van der Waals surface area contributed by atoms with Gasteiger partial charge in [-0.25, -0.2) is 8.78 Å². The van der Waals surface area contributed by atoms with Gasteiger partial charge in [0.05, 0.1) is 5.88 Å². The molecule has 1 saturated carbocycles. The highest BCUT2D eigenvalue weighted by Crippen LogP contribution is 2.56. The van der Waals surface area contributed by atoms with Gasteiger partial charge in [0.1, 0.15) is 12.0 Å². The molecule has 3 atom stereocenters. The van der Waals surface area contributed by atoms with E-state index in [0.29, 0.717) is 24.7 Å². The van der Waals surface area contributed by atoms with Crippen molar-refractivity contribution in [3.8, 4) is 0 Å². The summed E-state index contributed by atoms with van der Waals surface area (Å²) < 4.78 is 26.7. The Morgan fingerprint density at radius 3 is 2.35 bits per heavy atom. The van der Waals surface area contributed by atoms with Gasteiger partial charge >= 0.3 is 0 Å². The van der Waals surface area contributed by atoms with Gasteiger partial charge in [-0.05, 0) is 13.8 Å². The van der Waals surface area contributed by atoms with E-state index in [0.717, 1.165) is 0 Å². The van der Waals surface area contributed by atoms with Crippen LogP contribution in [0.4, 0.5) is 8.78 Å². The van der Waals surface area contributed by atoms with Crippen LogP contribution in [0.3, 0.4) is 0 Å². The first-order valence-corrected chi connectivity index (χ1v) is 8.06. The minimum atomic E-state index is -2.91. The Kier molecular flexibility index (Phi) is 4.27. The van der Waals surface area contributed by atoms with E-state index < -0.39 is 29.7 Å². The Hall–Kier alpha value is -0.850. The minimum absolute atomic E-state index is 0.134. The molecule has 114 valence electrons. The lowest BCUT2D eigenvalue weighted by atomic mass is 10.2. The van der Waals surface area contributed by atoms with Crippen LogP contribution in [-0.4, -0.2) is 58.3 Å². The van der Waals surface area contributed by atoms with Crippen molar-refractivity contribution in [3.63, 3.8) is 0 Å². The molecule has 2 amide bonds. The average Bonchev–Trinajstić information content (AvgIpc) is 2.81. The summed E-state index contributed by atoms with van der Waals surface area (Å²) in [6.07, 6.45) is 0. The van der Waals surface area contributed by atoms with Crippen LogP contribution in [0, 0.1) is 11.8 Å². The molecule has 2 aliphatic rings. The Bertz CT molecular complexity index is 415.